The van der Waals surface area contributed by atoms with Gasteiger partial charge in [0.25, 0.3) is 0 Å². The number of hydrogen-bond donors (Lipinski definition) is 1. The van der Waals surface area contributed by atoms with Crippen molar-refractivity contribution in [1.82, 2.24) is 15.2 Å². The van der Waals surface area contributed by atoms with Crippen LogP contribution >= 0.6 is 0 Å². The van der Waals surface area contributed by atoms with Gasteiger partial charge in [-0.1, -0.05) is 12.1 Å². The van der Waals surface area contributed by atoms with Crippen molar-refractivity contribution < 1.29 is 9.13 Å². The molecule has 0 amide bonds. The molecule has 4 nitrogen and oxygen atoms in total. The molecule has 26 heavy (non-hydrogen) atoms. The SMILES string of the molecule is CCOc1ccc(CN(Cc2ccccn2)C2CCCNCC2)cc1F. The summed E-state index contributed by atoms with van der Waals surface area (Å²) in [4.78, 5) is 6.92. The Bertz CT molecular complexity index is 672. The number of hydrogen-bond acceptors (Lipinski definition) is 4. The lowest BCUT2D eigenvalue weighted by Gasteiger charge is -2.31. The first kappa shape index (κ1) is 18.8. The van der Waals surface area contributed by atoms with Crippen LogP contribution in [0, 0.1) is 5.82 Å². The van der Waals surface area contributed by atoms with Gasteiger partial charge in [-0.2, -0.15) is 0 Å². The Hall–Kier alpha value is -1.98. The first-order valence-electron chi connectivity index (χ1n) is 9.52. The molecule has 1 saturated heterocycles. The minimum atomic E-state index is -0.287. The molecule has 2 heterocycles. The van der Waals surface area contributed by atoms with Crippen molar-refractivity contribution in [2.75, 3.05) is 19.7 Å². The highest BCUT2D eigenvalue weighted by Gasteiger charge is 2.21. The van der Waals surface area contributed by atoms with Crippen LogP contribution < -0.4 is 10.1 Å². The molecule has 2 aromatic rings. The highest BCUT2D eigenvalue weighted by atomic mass is 19.1. The van der Waals surface area contributed by atoms with Crippen molar-refractivity contribution in [2.45, 2.75) is 45.3 Å². The summed E-state index contributed by atoms with van der Waals surface area (Å²) in [6.45, 7) is 5.93. The number of benzene rings is 1. The number of pyridine rings is 1. The highest BCUT2D eigenvalue weighted by molar-refractivity contribution is 5.29. The molecule has 1 fully saturated rings. The van der Waals surface area contributed by atoms with Gasteiger partial charge in [0.05, 0.1) is 12.3 Å². The van der Waals surface area contributed by atoms with E-state index < -0.39 is 0 Å². The third-order valence-electron chi connectivity index (χ3n) is 4.83. The minimum absolute atomic E-state index is 0.287. The number of ether oxygens (including phenoxy) is 1. The van der Waals surface area contributed by atoms with E-state index in [1.807, 2.05) is 31.3 Å². The second kappa shape index (κ2) is 9.64. The molecule has 1 unspecified atom stereocenters. The summed E-state index contributed by atoms with van der Waals surface area (Å²) < 4.78 is 19.6. The Balaban J connectivity index is 1.77. The number of halogens is 1. The van der Waals surface area contributed by atoms with E-state index in [-0.39, 0.29) is 5.82 Å². The van der Waals surface area contributed by atoms with Crippen LogP contribution in [-0.2, 0) is 13.1 Å². The summed E-state index contributed by atoms with van der Waals surface area (Å²) in [7, 11) is 0. The van der Waals surface area contributed by atoms with E-state index in [4.69, 9.17) is 4.74 Å². The molecule has 3 rings (SSSR count). The molecule has 1 aliphatic rings. The molecule has 0 aliphatic carbocycles. The van der Waals surface area contributed by atoms with Gasteiger partial charge in [0.2, 0.25) is 0 Å². The van der Waals surface area contributed by atoms with Gasteiger partial charge in [0.15, 0.2) is 11.6 Å². The van der Waals surface area contributed by atoms with Gasteiger partial charge in [-0.25, -0.2) is 4.39 Å². The molecular formula is C21H28FN3O. The number of nitrogens with zero attached hydrogens (tertiary/aromatic N) is 2. The van der Waals surface area contributed by atoms with E-state index in [1.165, 1.54) is 6.42 Å². The summed E-state index contributed by atoms with van der Waals surface area (Å²) in [5.41, 5.74) is 2.02. The maximum atomic E-state index is 14.3. The van der Waals surface area contributed by atoms with Crippen molar-refractivity contribution in [3.8, 4) is 5.75 Å². The van der Waals surface area contributed by atoms with Crippen LogP contribution in [0.5, 0.6) is 5.75 Å². The predicted octanol–water partition coefficient (Wildman–Crippen LogP) is 3.76. The Kier molecular flexibility index (Phi) is 6.97. The number of rotatable bonds is 7. The van der Waals surface area contributed by atoms with Crippen LogP contribution in [0.3, 0.4) is 0 Å². The van der Waals surface area contributed by atoms with Crippen molar-refractivity contribution >= 4 is 0 Å². The molecule has 5 heteroatoms. The number of aromatic nitrogens is 1. The van der Waals surface area contributed by atoms with Crippen LogP contribution in [-0.4, -0.2) is 35.6 Å². The minimum Gasteiger partial charge on any atom is -0.491 e. The highest BCUT2D eigenvalue weighted by Crippen LogP contribution is 2.23. The topological polar surface area (TPSA) is 37.4 Å². The van der Waals surface area contributed by atoms with Crippen LogP contribution in [0.2, 0.25) is 0 Å². The predicted molar refractivity (Wildman–Crippen MR) is 102 cm³/mol. The van der Waals surface area contributed by atoms with E-state index in [0.29, 0.717) is 24.9 Å². The number of nitrogens with one attached hydrogen (secondary N) is 1. The Labute approximate surface area is 155 Å². The lowest BCUT2D eigenvalue weighted by atomic mass is 10.1. The molecule has 1 atom stereocenters. The third kappa shape index (κ3) is 5.26. The monoisotopic (exact) mass is 357 g/mol. The Morgan fingerprint density at radius 2 is 2.12 bits per heavy atom. The molecule has 1 aromatic carbocycles. The first-order chi connectivity index (χ1) is 12.8. The summed E-state index contributed by atoms with van der Waals surface area (Å²) in [5, 5.41) is 3.47. The molecule has 0 bridgehead atoms. The molecular weight excluding hydrogens is 329 g/mol. The van der Waals surface area contributed by atoms with Crippen LogP contribution in [0.25, 0.3) is 0 Å². The molecule has 140 valence electrons. The fourth-order valence-corrected chi connectivity index (χ4v) is 3.53. The normalized spacial score (nSPS) is 17.9. The third-order valence-corrected chi connectivity index (χ3v) is 4.83. The Morgan fingerprint density at radius 1 is 1.19 bits per heavy atom. The van der Waals surface area contributed by atoms with Crippen LogP contribution in [0.15, 0.2) is 42.6 Å². The largest absolute Gasteiger partial charge is 0.491 e. The zero-order valence-corrected chi connectivity index (χ0v) is 15.5. The van der Waals surface area contributed by atoms with Gasteiger partial charge < -0.3 is 10.1 Å². The second-order valence-corrected chi connectivity index (χ2v) is 6.76. The zero-order valence-electron chi connectivity index (χ0n) is 15.5. The standard InChI is InChI=1S/C21H28FN3O/c1-2-26-21-9-8-17(14-20(21)22)15-25(16-18-6-3-4-12-24-18)19-7-5-11-23-13-10-19/h3-4,6,8-9,12,14,19,23H,2,5,7,10-11,13,15-16H2,1H3. The van der Waals surface area contributed by atoms with Crippen molar-refractivity contribution in [2.24, 2.45) is 0 Å². The van der Waals surface area contributed by atoms with Crippen LogP contribution in [0.4, 0.5) is 4.39 Å². The maximum Gasteiger partial charge on any atom is 0.165 e. The van der Waals surface area contributed by atoms with Gasteiger partial charge in [0.1, 0.15) is 0 Å². The van der Waals surface area contributed by atoms with E-state index in [2.05, 4.69) is 21.3 Å². The molecule has 1 aromatic heterocycles. The van der Waals surface area contributed by atoms with Gasteiger partial charge >= 0.3 is 0 Å². The molecule has 0 saturated carbocycles. The fourth-order valence-electron chi connectivity index (χ4n) is 3.53. The van der Waals surface area contributed by atoms with Gasteiger partial charge in [0, 0.05) is 25.3 Å². The average Bonchev–Trinajstić information content (AvgIpc) is 2.94. The fraction of sp³-hybridized carbons (Fsp3) is 0.476. The zero-order chi connectivity index (χ0) is 18.2. The van der Waals surface area contributed by atoms with E-state index in [0.717, 1.165) is 43.7 Å². The lowest BCUT2D eigenvalue weighted by Crippen LogP contribution is -2.35. The Morgan fingerprint density at radius 3 is 2.88 bits per heavy atom. The van der Waals surface area contributed by atoms with Crippen LogP contribution in [0.1, 0.15) is 37.4 Å². The molecule has 0 radical (unpaired) electrons. The van der Waals surface area contributed by atoms with Gasteiger partial charge in [-0.15, -0.1) is 0 Å². The van der Waals surface area contributed by atoms with Gasteiger partial charge in [-0.3, -0.25) is 9.88 Å². The first-order valence-corrected chi connectivity index (χ1v) is 9.52. The van der Waals surface area contributed by atoms with Crippen molar-refractivity contribution in [1.29, 1.82) is 0 Å². The van der Waals surface area contributed by atoms with Gasteiger partial charge in [-0.05, 0) is 69.1 Å². The average molecular weight is 357 g/mol. The summed E-state index contributed by atoms with van der Waals surface area (Å²) in [6.07, 6.45) is 5.26. The maximum absolute atomic E-state index is 14.3. The van der Waals surface area contributed by atoms with Crippen molar-refractivity contribution in [3.05, 3.63) is 59.7 Å². The summed E-state index contributed by atoms with van der Waals surface area (Å²) in [6, 6.07) is 11.8. The lowest BCUT2D eigenvalue weighted by molar-refractivity contribution is 0.162. The molecule has 0 spiro atoms. The van der Waals surface area contributed by atoms with E-state index in [1.54, 1.807) is 12.1 Å². The van der Waals surface area contributed by atoms with Crippen molar-refractivity contribution in [3.63, 3.8) is 0 Å². The van der Waals surface area contributed by atoms with E-state index >= 15 is 0 Å². The van der Waals surface area contributed by atoms with E-state index in [9.17, 15) is 4.39 Å². The smallest absolute Gasteiger partial charge is 0.165 e. The summed E-state index contributed by atoms with van der Waals surface area (Å²) in [5.74, 6) is 0.0378. The summed E-state index contributed by atoms with van der Waals surface area (Å²) >= 11 is 0. The second-order valence-electron chi connectivity index (χ2n) is 6.76. The molecule has 1 N–H and O–H groups in total. The molecule has 1 aliphatic heterocycles. The quantitative estimate of drug-likeness (QED) is 0.819.